The fourth-order valence-corrected chi connectivity index (χ4v) is 1.28. The van der Waals surface area contributed by atoms with Crippen molar-refractivity contribution in [2.24, 2.45) is 0 Å². The van der Waals surface area contributed by atoms with Gasteiger partial charge in [-0.25, -0.2) is 0 Å². The van der Waals surface area contributed by atoms with E-state index in [0.29, 0.717) is 10.2 Å². The summed E-state index contributed by atoms with van der Waals surface area (Å²) in [5.74, 6) is -0.265. The number of carbonyl (C=O) groups is 1. The zero-order valence-electron chi connectivity index (χ0n) is 7.95. The highest BCUT2D eigenvalue weighted by molar-refractivity contribution is 9.10. The Morgan fingerprint density at radius 3 is 2.71 bits per heavy atom. The molecule has 0 spiro atoms. The van der Waals surface area contributed by atoms with E-state index in [0.717, 1.165) is 0 Å². The molecule has 2 N–H and O–H groups in total. The monoisotopic (exact) mass is 261 g/mol. The van der Waals surface area contributed by atoms with Crippen LogP contribution in [-0.4, -0.2) is 23.2 Å². The Hall–Kier alpha value is -0.810. The number of carbonyl (C=O) groups excluding carboxylic acids is 1. The van der Waals surface area contributed by atoms with Crippen molar-refractivity contribution in [3.05, 3.63) is 22.6 Å². The van der Waals surface area contributed by atoms with Crippen LogP contribution in [0, 0.1) is 0 Å². The van der Waals surface area contributed by atoms with Crippen molar-refractivity contribution in [1.29, 1.82) is 0 Å². The molecule has 1 rings (SSSR count). The molecule has 1 heterocycles. The quantitative estimate of drug-likeness (QED) is 0.868. The van der Waals surface area contributed by atoms with Crippen LogP contribution < -0.4 is 5.32 Å². The molecule has 0 saturated heterocycles. The lowest BCUT2D eigenvalue weighted by Crippen LogP contribution is -2.39. The SMILES string of the molecule is CC(O)C(C)NC(=O)c1ccoc1Br. The van der Waals surface area contributed by atoms with Crippen molar-refractivity contribution in [1.82, 2.24) is 5.32 Å². The minimum Gasteiger partial charge on any atom is -0.457 e. The topological polar surface area (TPSA) is 62.5 Å². The molecule has 5 heteroatoms. The maximum absolute atomic E-state index is 11.5. The molecule has 1 aromatic heterocycles. The summed E-state index contributed by atoms with van der Waals surface area (Å²) in [6.45, 7) is 3.35. The molecule has 4 nitrogen and oxygen atoms in total. The molecule has 0 radical (unpaired) electrons. The van der Waals surface area contributed by atoms with Crippen molar-refractivity contribution >= 4 is 21.8 Å². The van der Waals surface area contributed by atoms with Crippen LogP contribution in [0.2, 0.25) is 0 Å². The van der Waals surface area contributed by atoms with Gasteiger partial charge in [-0.1, -0.05) is 0 Å². The zero-order valence-corrected chi connectivity index (χ0v) is 9.54. The maximum Gasteiger partial charge on any atom is 0.256 e. The summed E-state index contributed by atoms with van der Waals surface area (Å²) >= 11 is 3.10. The highest BCUT2D eigenvalue weighted by Gasteiger charge is 2.16. The first kappa shape index (κ1) is 11.3. The number of aliphatic hydroxyl groups excluding tert-OH is 1. The molecule has 0 saturated carbocycles. The Labute approximate surface area is 90.4 Å². The molecular formula is C9H12BrNO3. The normalized spacial score (nSPS) is 14.9. The molecular weight excluding hydrogens is 250 g/mol. The molecule has 0 aliphatic carbocycles. The van der Waals surface area contributed by atoms with Crippen LogP contribution in [0.4, 0.5) is 0 Å². The predicted molar refractivity (Wildman–Crippen MR) is 55.0 cm³/mol. The average molecular weight is 262 g/mol. The summed E-state index contributed by atoms with van der Waals surface area (Å²) in [6, 6.07) is 1.28. The number of hydrogen-bond acceptors (Lipinski definition) is 3. The highest BCUT2D eigenvalue weighted by Crippen LogP contribution is 2.17. The van der Waals surface area contributed by atoms with Crippen molar-refractivity contribution in [2.45, 2.75) is 26.0 Å². The third kappa shape index (κ3) is 2.59. The maximum atomic E-state index is 11.5. The molecule has 1 amide bonds. The number of amides is 1. The molecule has 2 unspecified atom stereocenters. The predicted octanol–water partition coefficient (Wildman–Crippen LogP) is 1.54. The zero-order chi connectivity index (χ0) is 10.7. The van der Waals surface area contributed by atoms with Gasteiger partial charge in [0.05, 0.1) is 24.0 Å². The van der Waals surface area contributed by atoms with Gasteiger partial charge in [0.25, 0.3) is 5.91 Å². The van der Waals surface area contributed by atoms with Crippen LogP contribution in [0.5, 0.6) is 0 Å². The van der Waals surface area contributed by atoms with Crippen LogP contribution in [0.3, 0.4) is 0 Å². The molecule has 0 aliphatic heterocycles. The smallest absolute Gasteiger partial charge is 0.256 e. The van der Waals surface area contributed by atoms with E-state index in [1.807, 2.05) is 0 Å². The third-order valence-corrected chi connectivity index (χ3v) is 2.56. The Morgan fingerprint density at radius 1 is 1.64 bits per heavy atom. The molecule has 0 bridgehead atoms. The molecule has 0 aliphatic rings. The number of halogens is 1. The lowest BCUT2D eigenvalue weighted by atomic mass is 10.2. The molecule has 2 atom stereocenters. The second-order valence-corrected chi connectivity index (χ2v) is 3.83. The largest absolute Gasteiger partial charge is 0.457 e. The summed E-state index contributed by atoms with van der Waals surface area (Å²) in [6.07, 6.45) is 0.844. The second-order valence-electron chi connectivity index (χ2n) is 3.11. The van der Waals surface area contributed by atoms with E-state index in [-0.39, 0.29) is 11.9 Å². The molecule has 78 valence electrons. The van der Waals surface area contributed by atoms with Crippen LogP contribution in [0.15, 0.2) is 21.4 Å². The minimum atomic E-state index is -0.579. The van der Waals surface area contributed by atoms with Gasteiger partial charge in [-0.05, 0) is 35.8 Å². The molecule has 14 heavy (non-hydrogen) atoms. The molecule has 0 aromatic carbocycles. The van der Waals surface area contributed by atoms with Crippen molar-refractivity contribution < 1.29 is 14.3 Å². The summed E-state index contributed by atoms with van der Waals surface area (Å²) < 4.78 is 5.32. The standard InChI is InChI=1S/C9H12BrNO3/c1-5(6(2)12)11-9(13)7-3-4-14-8(7)10/h3-6,12H,1-2H3,(H,11,13). The molecule has 1 aromatic rings. The first-order chi connectivity index (χ1) is 6.52. The number of rotatable bonds is 3. The van der Waals surface area contributed by atoms with E-state index in [1.165, 1.54) is 6.26 Å². The Morgan fingerprint density at radius 2 is 2.29 bits per heavy atom. The second kappa shape index (κ2) is 4.61. The van der Waals surface area contributed by atoms with E-state index < -0.39 is 6.10 Å². The minimum absolute atomic E-state index is 0.265. The van der Waals surface area contributed by atoms with Gasteiger partial charge < -0.3 is 14.8 Å². The summed E-state index contributed by atoms with van der Waals surface area (Å²) in [4.78, 5) is 11.5. The lowest BCUT2D eigenvalue weighted by Gasteiger charge is -2.15. The van der Waals surface area contributed by atoms with Gasteiger partial charge in [-0.15, -0.1) is 0 Å². The lowest BCUT2D eigenvalue weighted by molar-refractivity contribution is 0.0872. The van der Waals surface area contributed by atoms with Gasteiger partial charge >= 0.3 is 0 Å². The Balaban J connectivity index is 2.64. The van der Waals surface area contributed by atoms with Crippen molar-refractivity contribution in [2.75, 3.05) is 0 Å². The first-order valence-electron chi connectivity index (χ1n) is 4.24. The van der Waals surface area contributed by atoms with E-state index in [1.54, 1.807) is 19.9 Å². The van der Waals surface area contributed by atoms with Crippen LogP contribution >= 0.6 is 15.9 Å². The van der Waals surface area contributed by atoms with Crippen molar-refractivity contribution in [3.63, 3.8) is 0 Å². The summed E-state index contributed by atoms with van der Waals surface area (Å²) in [7, 11) is 0. The van der Waals surface area contributed by atoms with E-state index in [9.17, 15) is 9.90 Å². The van der Waals surface area contributed by atoms with Crippen LogP contribution in [0.25, 0.3) is 0 Å². The van der Waals surface area contributed by atoms with E-state index in [2.05, 4.69) is 21.2 Å². The van der Waals surface area contributed by atoms with Gasteiger partial charge in [0.15, 0.2) is 4.67 Å². The summed E-state index contributed by atoms with van der Waals surface area (Å²) in [5, 5.41) is 11.8. The van der Waals surface area contributed by atoms with Gasteiger partial charge in [0.1, 0.15) is 0 Å². The highest BCUT2D eigenvalue weighted by atomic mass is 79.9. The van der Waals surface area contributed by atoms with Gasteiger partial charge in [0.2, 0.25) is 0 Å². The molecule has 0 fully saturated rings. The van der Waals surface area contributed by atoms with Gasteiger partial charge in [-0.2, -0.15) is 0 Å². The van der Waals surface area contributed by atoms with E-state index >= 15 is 0 Å². The number of nitrogens with one attached hydrogen (secondary N) is 1. The summed E-state index contributed by atoms with van der Waals surface area (Å²) in [5.41, 5.74) is 0.428. The fraction of sp³-hybridized carbons (Fsp3) is 0.444. The third-order valence-electron chi connectivity index (χ3n) is 1.94. The number of aliphatic hydroxyl groups is 1. The Kier molecular flexibility index (Phi) is 3.71. The van der Waals surface area contributed by atoms with Crippen LogP contribution in [0.1, 0.15) is 24.2 Å². The Bertz CT molecular complexity index is 322. The first-order valence-corrected chi connectivity index (χ1v) is 5.03. The van der Waals surface area contributed by atoms with Gasteiger partial charge in [-0.3, -0.25) is 4.79 Å². The van der Waals surface area contributed by atoms with E-state index in [4.69, 9.17) is 4.42 Å². The fourth-order valence-electron chi connectivity index (χ4n) is 0.861. The van der Waals surface area contributed by atoms with Crippen LogP contribution in [-0.2, 0) is 0 Å². The van der Waals surface area contributed by atoms with Gasteiger partial charge in [0, 0.05) is 0 Å². The van der Waals surface area contributed by atoms with Crippen molar-refractivity contribution in [3.8, 4) is 0 Å². The average Bonchev–Trinajstić information content (AvgIpc) is 2.51. The number of furan rings is 1. The number of hydrogen-bond donors (Lipinski definition) is 2.